The summed E-state index contributed by atoms with van der Waals surface area (Å²) in [5, 5.41) is 15.5. The third-order valence-electron chi connectivity index (χ3n) is 7.54. The summed E-state index contributed by atoms with van der Waals surface area (Å²) in [5.74, 6) is -2.80. The predicted octanol–water partition coefficient (Wildman–Crippen LogP) is 2.53. The first-order valence-corrected chi connectivity index (χ1v) is 12.4. The summed E-state index contributed by atoms with van der Waals surface area (Å²) in [5.41, 5.74) is 2.24. The van der Waals surface area contributed by atoms with Gasteiger partial charge >= 0.3 is 5.97 Å². The van der Waals surface area contributed by atoms with Crippen LogP contribution < -0.4 is 15.4 Å². The molecule has 1 aromatic heterocycles. The average molecular weight is 496 g/mol. The number of carbonyl (C=O) groups is 4. The van der Waals surface area contributed by atoms with E-state index >= 15 is 0 Å². The first kappa shape index (κ1) is 25.5. The van der Waals surface area contributed by atoms with Gasteiger partial charge in [-0.15, -0.1) is 0 Å². The molecule has 0 spiro atoms. The Hall–Kier alpha value is -3.62. The lowest BCUT2D eigenvalue weighted by atomic mass is 9.79. The van der Waals surface area contributed by atoms with Crippen molar-refractivity contribution >= 4 is 23.6 Å². The number of aliphatic carboxylic acids is 1. The highest BCUT2D eigenvalue weighted by Gasteiger charge is 2.43. The second-order valence-electron chi connectivity index (χ2n) is 9.78. The smallest absolute Gasteiger partial charge is 0.308 e. The maximum Gasteiger partial charge on any atom is 0.308 e. The first-order chi connectivity index (χ1) is 17.2. The normalized spacial score (nSPS) is 22.5. The van der Waals surface area contributed by atoms with Gasteiger partial charge in [-0.25, -0.2) is 0 Å². The van der Waals surface area contributed by atoms with Crippen molar-refractivity contribution in [1.29, 1.82) is 0 Å². The Balaban J connectivity index is 1.54. The molecule has 1 aromatic carbocycles. The van der Waals surface area contributed by atoms with Crippen LogP contribution in [0.15, 0.2) is 36.5 Å². The second kappa shape index (κ2) is 10.6. The number of aryl methyl sites for hydroxylation is 1. The van der Waals surface area contributed by atoms with Gasteiger partial charge in [0.15, 0.2) is 0 Å². The van der Waals surface area contributed by atoms with E-state index in [1.807, 2.05) is 30.7 Å². The van der Waals surface area contributed by atoms with Crippen molar-refractivity contribution in [1.82, 2.24) is 15.2 Å². The summed E-state index contributed by atoms with van der Waals surface area (Å²) in [6.07, 6.45) is 3.68. The highest BCUT2D eigenvalue weighted by molar-refractivity contribution is 5.98. The fourth-order valence-electron chi connectivity index (χ4n) is 5.26. The molecular weight excluding hydrogens is 462 g/mol. The van der Waals surface area contributed by atoms with E-state index in [-0.39, 0.29) is 36.5 Å². The minimum Gasteiger partial charge on any atom is -0.497 e. The molecule has 1 aliphatic carbocycles. The minimum atomic E-state index is -0.997. The van der Waals surface area contributed by atoms with Crippen LogP contribution >= 0.6 is 0 Å². The van der Waals surface area contributed by atoms with Gasteiger partial charge in [0.25, 0.3) is 5.91 Å². The Morgan fingerprint density at radius 2 is 1.92 bits per heavy atom. The lowest BCUT2D eigenvalue weighted by molar-refractivity contribution is -0.144. The van der Waals surface area contributed by atoms with Crippen LogP contribution in [0.5, 0.6) is 5.75 Å². The fourth-order valence-corrected chi connectivity index (χ4v) is 5.26. The molecule has 9 nitrogen and oxygen atoms in total. The standard InChI is InChI=1S/C27H33N3O6/c1-4-15(2)23(29-25(32)17-5-8-19(36-3)9-6-17)26(33)28-20-10-7-16-11-12-30-14-18(27(34)35)13-21(31)22(20)24(16)30/h5-6,8-9,11-12,15,18,20,22-23H,4,7,10,13-14H2,1-3H3,(H,28,33)(H,29,32)(H,34,35)/t15?,18-,20-,22?,23?/m0/s1. The van der Waals surface area contributed by atoms with E-state index < -0.39 is 29.9 Å². The van der Waals surface area contributed by atoms with Crippen LogP contribution in [0, 0.1) is 11.8 Å². The van der Waals surface area contributed by atoms with E-state index in [1.54, 1.807) is 31.4 Å². The quantitative estimate of drug-likeness (QED) is 0.517. The number of hydrogen-bond acceptors (Lipinski definition) is 5. The van der Waals surface area contributed by atoms with Crippen LogP contribution in [0.1, 0.15) is 60.6 Å². The number of hydrogen-bond donors (Lipinski definition) is 3. The summed E-state index contributed by atoms with van der Waals surface area (Å²) < 4.78 is 7.00. The third kappa shape index (κ3) is 5.01. The van der Waals surface area contributed by atoms with E-state index in [9.17, 15) is 24.3 Å². The average Bonchev–Trinajstić information content (AvgIpc) is 3.21. The number of amides is 2. The number of nitrogens with one attached hydrogen (secondary N) is 2. The SMILES string of the molecule is CCC(C)C(NC(=O)c1ccc(OC)cc1)C(=O)N[C@H]1CCc2ccn3c2C1C(=O)C[C@H](C(=O)O)C3. The molecule has 0 radical (unpaired) electrons. The summed E-state index contributed by atoms with van der Waals surface area (Å²) in [7, 11) is 1.55. The van der Waals surface area contributed by atoms with Gasteiger partial charge in [-0.3, -0.25) is 19.2 Å². The molecule has 4 rings (SSSR count). The van der Waals surface area contributed by atoms with E-state index in [2.05, 4.69) is 10.6 Å². The molecule has 36 heavy (non-hydrogen) atoms. The molecule has 3 unspecified atom stereocenters. The number of carboxylic acid groups (broad SMARTS) is 1. The molecule has 0 bridgehead atoms. The van der Waals surface area contributed by atoms with Gasteiger partial charge in [0.1, 0.15) is 17.6 Å². The molecule has 2 heterocycles. The number of benzene rings is 1. The van der Waals surface area contributed by atoms with Crippen molar-refractivity contribution in [2.24, 2.45) is 11.8 Å². The largest absolute Gasteiger partial charge is 0.497 e. The van der Waals surface area contributed by atoms with Gasteiger partial charge < -0.3 is 25.0 Å². The summed E-state index contributed by atoms with van der Waals surface area (Å²) in [4.78, 5) is 51.4. The van der Waals surface area contributed by atoms with E-state index in [0.717, 1.165) is 11.3 Å². The molecule has 0 saturated heterocycles. The highest BCUT2D eigenvalue weighted by Crippen LogP contribution is 2.38. The van der Waals surface area contributed by atoms with Crippen LogP contribution in [-0.4, -0.2) is 52.4 Å². The van der Waals surface area contributed by atoms with Gasteiger partial charge in [-0.05, 0) is 54.7 Å². The topological polar surface area (TPSA) is 127 Å². The van der Waals surface area contributed by atoms with Crippen molar-refractivity contribution in [3.63, 3.8) is 0 Å². The predicted molar refractivity (Wildman–Crippen MR) is 132 cm³/mol. The lowest BCUT2D eigenvalue weighted by Gasteiger charge is -2.34. The van der Waals surface area contributed by atoms with Crippen molar-refractivity contribution in [2.45, 2.75) is 64.1 Å². The summed E-state index contributed by atoms with van der Waals surface area (Å²) >= 11 is 0. The van der Waals surface area contributed by atoms with Crippen LogP contribution in [-0.2, 0) is 27.3 Å². The molecule has 192 valence electrons. The number of nitrogens with zero attached hydrogens (tertiary/aromatic N) is 1. The highest BCUT2D eigenvalue weighted by atomic mass is 16.5. The maximum atomic E-state index is 13.5. The zero-order valence-electron chi connectivity index (χ0n) is 20.8. The summed E-state index contributed by atoms with van der Waals surface area (Å²) in [6, 6.07) is 7.33. The molecule has 2 aliphatic rings. The Morgan fingerprint density at radius 1 is 1.19 bits per heavy atom. The lowest BCUT2D eigenvalue weighted by Crippen LogP contribution is -2.55. The molecule has 9 heteroatoms. The zero-order valence-corrected chi connectivity index (χ0v) is 20.8. The third-order valence-corrected chi connectivity index (χ3v) is 7.54. The van der Waals surface area contributed by atoms with Gasteiger partial charge in [0, 0.05) is 36.5 Å². The monoisotopic (exact) mass is 495 g/mol. The zero-order chi connectivity index (χ0) is 26.0. The number of methoxy groups -OCH3 is 1. The number of ketones is 1. The number of Topliss-reactive ketones (excluding diaryl/α,β-unsaturated/α-hetero) is 1. The number of rotatable bonds is 8. The van der Waals surface area contributed by atoms with E-state index in [4.69, 9.17) is 4.74 Å². The van der Waals surface area contributed by atoms with Gasteiger partial charge in [-0.2, -0.15) is 0 Å². The van der Waals surface area contributed by atoms with Crippen LogP contribution in [0.4, 0.5) is 0 Å². The van der Waals surface area contributed by atoms with Crippen molar-refractivity contribution < 1.29 is 29.0 Å². The Bertz CT molecular complexity index is 1150. The van der Waals surface area contributed by atoms with Gasteiger partial charge in [0.2, 0.25) is 5.91 Å². The molecular formula is C27H33N3O6. The number of aromatic nitrogens is 1. The molecule has 0 saturated carbocycles. The number of carboxylic acids is 1. The Morgan fingerprint density at radius 3 is 2.56 bits per heavy atom. The van der Waals surface area contributed by atoms with Gasteiger partial charge in [-0.1, -0.05) is 20.3 Å². The molecule has 3 N–H and O–H groups in total. The van der Waals surface area contributed by atoms with E-state index in [1.165, 1.54) is 0 Å². The fraction of sp³-hybridized carbons (Fsp3) is 0.481. The Labute approximate surface area is 210 Å². The molecule has 5 atom stereocenters. The molecule has 2 amide bonds. The molecule has 2 aromatic rings. The van der Waals surface area contributed by atoms with Crippen molar-refractivity contribution in [3.05, 3.63) is 53.3 Å². The Kier molecular flexibility index (Phi) is 7.47. The van der Waals surface area contributed by atoms with Crippen molar-refractivity contribution in [2.75, 3.05) is 7.11 Å². The van der Waals surface area contributed by atoms with Crippen LogP contribution in [0.3, 0.4) is 0 Å². The molecule has 0 fully saturated rings. The molecule has 1 aliphatic heterocycles. The van der Waals surface area contributed by atoms with Crippen LogP contribution in [0.2, 0.25) is 0 Å². The van der Waals surface area contributed by atoms with Crippen molar-refractivity contribution in [3.8, 4) is 5.75 Å². The first-order valence-electron chi connectivity index (χ1n) is 12.4. The second-order valence-corrected chi connectivity index (χ2v) is 9.78. The maximum absolute atomic E-state index is 13.5. The van der Waals surface area contributed by atoms with Crippen LogP contribution in [0.25, 0.3) is 0 Å². The van der Waals surface area contributed by atoms with Gasteiger partial charge in [0.05, 0.1) is 18.9 Å². The number of ether oxygens (including phenoxy) is 1. The minimum absolute atomic E-state index is 0.0729. The summed E-state index contributed by atoms with van der Waals surface area (Å²) in [6.45, 7) is 4.09. The number of carbonyl (C=O) groups excluding carboxylic acids is 3. The van der Waals surface area contributed by atoms with E-state index in [0.29, 0.717) is 30.6 Å².